The van der Waals surface area contributed by atoms with Crippen molar-refractivity contribution in [2.24, 2.45) is 0 Å². The molecule has 0 fully saturated rings. The van der Waals surface area contributed by atoms with Gasteiger partial charge in [-0.1, -0.05) is 144 Å². The highest BCUT2D eigenvalue weighted by molar-refractivity contribution is 7.26. The van der Waals surface area contributed by atoms with Crippen LogP contribution >= 0.6 is 11.3 Å². The lowest BCUT2D eigenvalue weighted by molar-refractivity contribution is 0.590. The van der Waals surface area contributed by atoms with E-state index in [1.54, 1.807) is 0 Å². The summed E-state index contributed by atoms with van der Waals surface area (Å²) in [6.45, 7) is 11.6. The Morgan fingerprint density at radius 2 is 1.30 bits per heavy atom. The number of nitrogens with zero attached hydrogens (tertiary/aromatic N) is 2. The number of rotatable bonds is 2. The van der Waals surface area contributed by atoms with Gasteiger partial charge >= 0.3 is 6.85 Å². The fourth-order valence-electron chi connectivity index (χ4n) is 10.9. The first-order valence-electron chi connectivity index (χ1n) is 21.1. The van der Waals surface area contributed by atoms with Gasteiger partial charge in [-0.25, -0.2) is 0 Å². The number of fused-ring (bicyclic) bond motifs is 13. The van der Waals surface area contributed by atoms with Gasteiger partial charge in [0.05, 0.1) is 5.69 Å². The molecule has 286 valence electrons. The van der Waals surface area contributed by atoms with Gasteiger partial charge in [-0.15, -0.1) is 11.3 Å². The predicted molar refractivity (Wildman–Crippen MR) is 257 cm³/mol. The topological polar surface area (TPSA) is 19.6 Å². The fourth-order valence-corrected chi connectivity index (χ4v) is 12.1. The summed E-state index contributed by atoms with van der Waals surface area (Å²) >= 11 is 1.94. The highest BCUT2D eigenvalue weighted by Gasteiger charge is 2.51. The molecule has 5 heteroatoms. The van der Waals surface area contributed by atoms with Gasteiger partial charge in [0, 0.05) is 75.8 Å². The van der Waals surface area contributed by atoms with Crippen LogP contribution in [0.4, 0.5) is 28.4 Å². The lowest BCUT2D eigenvalue weighted by Gasteiger charge is -2.51. The van der Waals surface area contributed by atoms with Crippen LogP contribution in [0.15, 0.2) is 162 Å². The van der Waals surface area contributed by atoms with Crippen molar-refractivity contribution in [3.05, 3.63) is 174 Å². The van der Waals surface area contributed by atoms with Crippen LogP contribution in [-0.2, 0) is 10.8 Å². The predicted octanol–water partition coefficient (Wildman–Crippen LogP) is 14.3. The van der Waals surface area contributed by atoms with E-state index in [9.17, 15) is 0 Å². The summed E-state index contributed by atoms with van der Waals surface area (Å²) < 4.78 is 9.45. The normalized spacial score (nSPS) is 14.8. The van der Waals surface area contributed by atoms with Crippen LogP contribution in [-0.4, -0.2) is 6.85 Å². The van der Waals surface area contributed by atoms with E-state index >= 15 is 0 Å². The van der Waals surface area contributed by atoms with Crippen molar-refractivity contribution in [2.75, 3.05) is 9.71 Å². The summed E-state index contributed by atoms with van der Waals surface area (Å²) in [4.78, 5) is 5.31. The summed E-state index contributed by atoms with van der Waals surface area (Å²) in [7, 11) is 0. The SMILES string of the molecule is CC(C)(C)c1ccc(N2c3cc4c(cc3B3c5c2cc2c(sc6ccccc62)c5-c2cccc5c2N3c2ccccc2C5(C)C)oc2ccccc24)c(-c2ccccc2)c1. The molecule has 3 aliphatic heterocycles. The summed E-state index contributed by atoms with van der Waals surface area (Å²) in [5, 5.41) is 4.87. The van der Waals surface area contributed by atoms with Crippen molar-refractivity contribution in [3.63, 3.8) is 0 Å². The van der Waals surface area contributed by atoms with Gasteiger partial charge in [-0.05, 0) is 87.1 Å². The van der Waals surface area contributed by atoms with Gasteiger partial charge in [-0.2, -0.15) is 0 Å². The molecule has 2 aromatic heterocycles. The summed E-state index contributed by atoms with van der Waals surface area (Å²) in [5.41, 5.74) is 19.4. The van der Waals surface area contributed by atoms with Crippen molar-refractivity contribution < 1.29 is 4.42 Å². The second kappa shape index (κ2) is 11.8. The molecule has 10 aromatic rings. The lowest BCUT2D eigenvalue weighted by atomic mass is 9.42. The standard InChI is InChI=1S/C55H41BN2OS/c1-54(2,3)33-26-27-43(37(28-33)32-16-7-6-8-17-32)57-45-29-38-34-18-9-13-24-47(34)59-48(38)31-42(45)56-51-46(57)30-39-35-19-10-14-25-49(35)60-53(39)50(51)36-20-15-22-41-52(36)58(56)44-23-12-11-21-40(44)55(41,4)5/h6-31H,1-5H3. The van der Waals surface area contributed by atoms with Gasteiger partial charge in [0.15, 0.2) is 0 Å². The van der Waals surface area contributed by atoms with Crippen molar-refractivity contribution in [1.29, 1.82) is 0 Å². The van der Waals surface area contributed by atoms with Gasteiger partial charge in [-0.3, -0.25) is 0 Å². The largest absolute Gasteiger partial charge is 0.456 e. The molecule has 0 spiro atoms. The zero-order valence-electron chi connectivity index (χ0n) is 34.3. The summed E-state index contributed by atoms with van der Waals surface area (Å²) in [5.74, 6) is 0. The average Bonchev–Trinajstić information content (AvgIpc) is 3.83. The number of para-hydroxylation sites is 3. The molecule has 8 aromatic carbocycles. The number of anilines is 5. The summed E-state index contributed by atoms with van der Waals surface area (Å²) in [6, 6.07) is 59.2. The number of thiophene rings is 1. The first kappa shape index (κ1) is 34.3. The third-order valence-corrected chi connectivity index (χ3v) is 15.0. The number of hydrogen-bond donors (Lipinski definition) is 0. The van der Waals surface area contributed by atoms with E-state index in [2.05, 4.69) is 202 Å². The minimum Gasteiger partial charge on any atom is -0.456 e. The van der Waals surface area contributed by atoms with E-state index in [1.807, 2.05) is 11.3 Å². The van der Waals surface area contributed by atoms with Crippen LogP contribution in [0.2, 0.25) is 0 Å². The maximum absolute atomic E-state index is 6.79. The van der Waals surface area contributed by atoms with E-state index in [0.717, 1.165) is 21.9 Å². The van der Waals surface area contributed by atoms with Crippen molar-refractivity contribution in [2.45, 2.75) is 45.4 Å². The lowest BCUT2D eigenvalue weighted by Crippen LogP contribution is -2.63. The first-order chi connectivity index (χ1) is 29.2. The third kappa shape index (κ3) is 4.45. The molecule has 3 aliphatic rings. The first-order valence-corrected chi connectivity index (χ1v) is 21.9. The van der Waals surface area contributed by atoms with E-state index in [4.69, 9.17) is 4.42 Å². The van der Waals surface area contributed by atoms with Gasteiger partial charge in [0.1, 0.15) is 11.2 Å². The Morgan fingerprint density at radius 1 is 0.567 bits per heavy atom. The molecular formula is C55H41BN2OS. The molecule has 0 saturated carbocycles. The van der Waals surface area contributed by atoms with E-state index in [0.29, 0.717) is 0 Å². The van der Waals surface area contributed by atoms with E-state index < -0.39 is 0 Å². The minimum atomic E-state index is -0.196. The van der Waals surface area contributed by atoms with Crippen LogP contribution in [0.5, 0.6) is 0 Å². The van der Waals surface area contributed by atoms with Gasteiger partial charge in [0.25, 0.3) is 0 Å². The van der Waals surface area contributed by atoms with Crippen LogP contribution < -0.4 is 20.6 Å². The second-order valence-corrected chi connectivity index (χ2v) is 19.5. The van der Waals surface area contributed by atoms with Crippen LogP contribution in [0.25, 0.3) is 64.4 Å². The Labute approximate surface area is 354 Å². The monoisotopic (exact) mass is 788 g/mol. The van der Waals surface area contributed by atoms with Crippen molar-refractivity contribution in [1.82, 2.24) is 0 Å². The molecule has 0 saturated heterocycles. The van der Waals surface area contributed by atoms with Crippen LogP contribution in [0.3, 0.4) is 0 Å². The molecule has 5 heterocycles. The van der Waals surface area contributed by atoms with Crippen LogP contribution in [0.1, 0.15) is 51.3 Å². The molecule has 0 unspecified atom stereocenters. The molecule has 0 amide bonds. The average molecular weight is 789 g/mol. The Hall–Kier alpha value is -6.56. The van der Waals surface area contributed by atoms with Gasteiger partial charge in [0.2, 0.25) is 0 Å². The quantitative estimate of drug-likeness (QED) is 0.163. The smallest absolute Gasteiger partial charge is 0.333 e. The molecule has 0 atom stereocenters. The Balaban J connectivity index is 1.24. The van der Waals surface area contributed by atoms with E-state index in [1.165, 1.54) is 98.5 Å². The number of benzene rings is 8. The third-order valence-electron chi connectivity index (χ3n) is 13.8. The minimum absolute atomic E-state index is 0.0284. The molecule has 13 rings (SSSR count). The highest BCUT2D eigenvalue weighted by atomic mass is 32.1. The molecule has 0 N–H and O–H groups in total. The molecule has 60 heavy (non-hydrogen) atoms. The molecule has 0 aliphatic carbocycles. The maximum Gasteiger partial charge on any atom is 0.333 e. The zero-order chi connectivity index (χ0) is 40.2. The van der Waals surface area contributed by atoms with Crippen LogP contribution in [0, 0.1) is 0 Å². The molecular weight excluding hydrogens is 747 g/mol. The summed E-state index contributed by atoms with van der Waals surface area (Å²) in [6.07, 6.45) is 0. The fraction of sp³-hybridized carbons (Fsp3) is 0.127. The van der Waals surface area contributed by atoms with Crippen molar-refractivity contribution >= 4 is 99.7 Å². The Morgan fingerprint density at radius 3 is 2.15 bits per heavy atom. The second-order valence-electron chi connectivity index (χ2n) is 18.5. The van der Waals surface area contributed by atoms with Gasteiger partial charge < -0.3 is 14.1 Å². The Bertz CT molecular complexity index is 3480. The molecule has 0 bridgehead atoms. The molecule has 0 radical (unpaired) electrons. The zero-order valence-corrected chi connectivity index (χ0v) is 35.1. The highest BCUT2D eigenvalue weighted by Crippen LogP contribution is 2.58. The number of hydrogen-bond acceptors (Lipinski definition) is 4. The number of furan rings is 1. The van der Waals surface area contributed by atoms with Crippen molar-refractivity contribution in [3.8, 4) is 22.3 Å². The molecule has 3 nitrogen and oxygen atoms in total. The maximum atomic E-state index is 6.79. The van der Waals surface area contributed by atoms with E-state index in [-0.39, 0.29) is 17.7 Å². The Kier molecular flexibility index (Phi) is 6.75.